The summed E-state index contributed by atoms with van der Waals surface area (Å²) in [5.74, 6) is -2.95. The van der Waals surface area contributed by atoms with Crippen LogP contribution in [0.1, 0.15) is 62.2 Å². The standard InChI is InChI=1S/C22H20O7/c1-9-6-10(13(24)8-23)7-12-15(9)21(27)18-17(20(12)26)19(25)11-4-3-5-14(29-2)16(11)22(18)28/h3-5,9-10,23,26-27H,6-8H2,1-2H3/t9-,10?/m0/s1. The molecule has 0 spiro atoms. The van der Waals surface area contributed by atoms with Crippen LogP contribution in [0.2, 0.25) is 0 Å². The number of methoxy groups -OCH3 is 1. The maximum atomic E-state index is 13.2. The van der Waals surface area contributed by atoms with E-state index in [0.29, 0.717) is 12.0 Å². The summed E-state index contributed by atoms with van der Waals surface area (Å²) in [6.07, 6.45) is 0.443. The summed E-state index contributed by atoms with van der Waals surface area (Å²) in [4.78, 5) is 38.4. The lowest BCUT2D eigenvalue weighted by atomic mass is 9.71. The molecule has 2 aromatic rings. The summed E-state index contributed by atoms with van der Waals surface area (Å²) in [6, 6.07) is 4.59. The molecule has 2 aliphatic carbocycles. The largest absolute Gasteiger partial charge is 0.507 e. The molecule has 0 aromatic heterocycles. The maximum Gasteiger partial charge on any atom is 0.202 e. The molecule has 7 heteroatoms. The molecular formula is C22H20O7. The van der Waals surface area contributed by atoms with Gasteiger partial charge in [0.25, 0.3) is 0 Å². The van der Waals surface area contributed by atoms with Crippen molar-refractivity contribution in [2.45, 2.75) is 25.7 Å². The van der Waals surface area contributed by atoms with Crippen LogP contribution in [0.25, 0.3) is 0 Å². The van der Waals surface area contributed by atoms with Crippen LogP contribution in [-0.4, -0.2) is 46.4 Å². The zero-order valence-corrected chi connectivity index (χ0v) is 16.0. The van der Waals surface area contributed by atoms with Gasteiger partial charge in [-0.2, -0.15) is 0 Å². The zero-order chi connectivity index (χ0) is 21.0. The van der Waals surface area contributed by atoms with E-state index in [0.717, 1.165) is 0 Å². The molecule has 1 unspecified atom stereocenters. The van der Waals surface area contributed by atoms with Crippen LogP contribution < -0.4 is 4.74 Å². The fourth-order valence-electron chi connectivity index (χ4n) is 4.61. The summed E-state index contributed by atoms with van der Waals surface area (Å²) >= 11 is 0. The highest BCUT2D eigenvalue weighted by Crippen LogP contribution is 2.50. The van der Waals surface area contributed by atoms with Crippen LogP contribution in [0, 0.1) is 5.92 Å². The second kappa shape index (κ2) is 6.70. The molecule has 0 heterocycles. The molecule has 0 radical (unpaired) electrons. The number of carbonyl (C=O) groups is 3. The molecule has 7 nitrogen and oxygen atoms in total. The van der Waals surface area contributed by atoms with Gasteiger partial charge >= 0.3 is 0 Å². The van der Waals surface area contributed by atoms with Gasteiger partial charge in [0, 0.05) is 22.6 Å². The molecule has 0 saturated carbocycles. The molecule has 2 aliphatic rings. The Morgan fingerprint density at radius 3 is 2.45 bits per heavy atom. The van der Waals surface area contributed by atoms with Crippen LogP contribution in [0.15, 0.2) is 18.2 Å². The molecular weight excluding hydrogens is 376 g/mol. The number of Topliss-reactive ketones (excluding diaryl/α,β-unsaturated/α-hetero) is 1. The number of ether oxygens (including phenoxy) is 1. The Morgan fingerprint density at radius 1 is 1.10 bits per heavy atom. The lowest BCUT2D eigenvalue weighted by molar-refractivity contribution is -0.126. The van der Waals surface area contributed by atoms with Gasteiger partial charge in [-0.1, -0.05) is 19.1 Å². The quantitative estimate of drug-likeness (QED) is 0.580. The second-order valence-electron chi connectivity index (χ2n) is 7.54. The molecule has 2 aromatic carbocycles. The van der Waals surface area contributed by atoms with E-state index in [2.05, 4.69) is 0 Å². The van der Waals surface area contributed by atoms with E-state index in [-0.39, 0.29) is 63.2 Å². The second-order valence-corrected chi connectivity index (χ2v) is 7.54. The Morgan fingerprint density at radius 2 is 1.79 bits per heavy atom. The van der Waals surface area contributed by atoms with Gasteiger partial charge in [0.05, 0.1) is 23.8 Å². The molecule has 29 heavy (non-hydrogen) atoms. The molecule has 0 saturated heterocycles. The highest BCUT2D eigenvalue weighted by molar-refractivity contribution is 6.31. The predicted molar refractivity (Wildman–Crippen MR) is 102 cm³/mol. The molecule has 2 atom stereocenters. The Balaban J connectivity index is 1.98. The Kier molecular flexibility index (Phi) is 4.42. The number of phenols is 2. The van der Waals surface area contributed by atoms with Crippen molar-refractivity contribution in [1.29, 1.82) is 0 Å². The number of benzene rings is 2. The molecule has 4 rings (SSSR count). The fourth-order valence-corrected chi connectivity index (χ4v) is 4.61. The van der Waals surface area contributed by atoms with E-state index < -0.39 is 24.1 Å². The van der Waals surface area contributed by atoms with E-state index in [4.69, 9.17) is 4.74 Å². The lowest BCUT2D eigenvalue weighted by Crippen LogP contribution is -2.29. The van der Waals surface area contributed by atoms with Gasteiger partial charge in [0.2, 0.25) is 5.78 Å². The third-order valence-electron chi connectivity index (χ3n) is 5.95. The van der Waals surface area contributed by atoms with Gasteiger partial charge in [-0.25, -0.2) is 0 Å². The number of hydrogen-bond acceptors (Lipinski definition) is 7. The minimum atomic E-state index is -0.616. The van der Waals surface area contributed by atoms with Crippen LogP contribution in [0.5, 0.6) is 17.2 Å². The number of ketones is 3. The lowest BCUT2D eigenvalue weighted by Gasteiger charge is -2.32. The monoisotopic (exact) mass is 396 g/mol. The van der Waals surface area contributed by atoms with E-state index in [1.165, 1.54) is 13.2 Å². The van der Waals surface area contributed by atoms with E-state index in [1.807, 2.05) is 0 Å². The first kappa shape index (κ1) is 19.1. The number of hydrogen-bond donors (Lipinski definition) is 3. The Labute approximate surface area is 166 Å². The van der Waals surface area contributed by atoms with Crippen molar-refractivity contribution in [2.75, 3.05) is 13.7 Å². The van der Waals surface area contributed by atoms with Gasteiger partial charge in [-0.3, -0.25) is 14.4 Å². The van der Waals surface area contributed by atoms with Crippen molar-refractivity contribution in [3.8, 4) is 17.2 Å². The van der Waals surface area contributed by atoms with Crippen molar-refractivity contribution in [3.63, 3.8) is 0 Å². The van der Waals surface area contributed by atoms with Crippen molar-refractivity contribution < 1.29 is 34.4 Å². The Hall–Kier alpha value is -3.19. The smallest absolute Gasteiger partial charge is 0.202 e. The number of carbonyl (C=O) groups excluding carboxylic acids is 3. The predicted octanol–water partition coefficient (Wildman–Crippen LogP) is 2.11. The Bertz CT molecular complexity index is 1080. The van der Waals surface area contributed by atoms with Gasteiger partial charge in [-0.05, 0) is 24.8 Å². The molecule has 0 fully saturated rings. The van der Waals surface area contributed by atoms with Crippen LogP contribution in [0.4, 0.5) is 0 Å². The van der Waals surface area contributed by atoms with E-state index >= 15 is 0 Å². The maximum absolute atomic E-state index is 13.2. The summed E-state index contributed by atoms with van der Waals surface area (Å²) in [5, 5.41) is 31.1. The molecule has 0 bridgehead atoms. The molecule has 0 amide bonds. The van der Waals surface area contributed by atoms with Gasteiger partial charge in [0.15, 0.2) is 11.6 Å². The van der Waals surface area contributed by atoms with Crippen LogP contribution in [-0.2, 0) is 11.2 Å². The third-order valence-corrected chi connectivity index (χ3v) is 5.95. The van der Waals surface area contributed by atoms with Gasteiger partial charge < -0.3 is 20.1 Å². The van der Waals surface area contributed by atoms with Crippen LogP contribution in [0.3, 0.4) is 0 Å². The number of aliphatic hydroxyl groups excluding tert-OH is 1. The number of aliphatic hydroxyl groups is 1. The highest BCUT2D eigenvalue weighted by Gasteiger charge is 2.42. The SMILES string of the molecule is COc1cccc2c1C(=O)c1c(O)c3c(c(O)c1C2=O)CC(C(=O)CO)C[C@@H]3C. The number of aromatic hydroxyl groups is 2. The van der Waals surface area contributed by atoms with Crippen molar-refractivity contribution in [1.82, 2.24) is 0 Å². The number of phenolic OH excluding ortho intramolecular Hbond substituents is 2. The van der Waals surface area contributed by atoms with Gasteiger partial charge in [0.1, 0.15) is 23.9 Å². The summed E-state index contributed by atoms with van der Waals surface area (Å²) in [6.45, 7) is 1.15. The highest BCUT2D eigenvalue weighted by atomic mass is 16.5. The first-order chi connectivity index (χ1) is 13.8. The fraction of sp³-hybridized carbons (Fsp3) is 0.318. The summed E-state index contributed by atoms with van der Waals surface area (Å²) < 4.78 is 5.22. The average Bonchev–Trinajstić information content (AvgIpc) is 2.72. The van der Waals surface area contributed by atoms with Crippen molar-refractivity contribution in [2.24, 2.45) is 5.92 Å². The molecule has 3 N–H and O–H groups in total. The first-order valence-corrected chi connectivity index (χ1v) is 9.32. The zero-order valence-electron chi connectivity index (χ0n) is 16.0. The summed E-state index contributed by atoms with van der Waals surface area (Å²) in [5.41, 5.74) is 0.294. The normalized spacial score (nSPS) is 20.0. The van der Waals surface area contributed by atoms with Gasteiger partial charge in [-0.15, -0.1) is 0 Å². The first-order valence-electron chi connectivity index (χ1n) is 9.32. The van der Waals surface area contributed by atoms with Crippen molar-refractivity contribution in [3.05, 3.63) is 51.6 Å². The topological polar surface area (TPSA) is 121 Å². The number of rotatable bonds is 3. The summed E-state index contributed by atoms with van der Waals surface area (Å²) in [7, 11) is 1.38. The number of fused-ring (bicyclic) bond motifs is 3. The third kappa shape index (κ3) is 2.57. The molecule has 0 aliphatic heterocycles. The molecule has 150 valence electrons. The van der Waals surface area contributed by atoms with Crippen molar-refractivity contribution >= 4 is 17.3 Å². The van der Waals surface area contributed by atoms with E-state index in [9.17, 15) is 29.7 Å². The van der Waals surface area contributed by atoms with E-state index in [1.54, 1.807) is 19.1 Å². The minimum absolute atomic E-state index is 0.0546. The van der Waals surface area contributed by atoms with Crippen LogP contribution >= 0.6 is 0 Å². The average molecular weight is 396 g/mol. The minimum Gasteiger partial charge on any atom is -0.507 e.